The second-order valence-corrected chi connectivity index (χ2v) is 7.40. The van der Waals surface area contributed by atoms with Gasteiger partial charge in [0.2, 0.25) is 6.79 Å². The van der Waals surface area contributed by atoms with Gasteiger partial charge in [0.05, 0.1) is 16.8 Å². The van der Waals surface area contributed by atoms with Crippen molar-refractivity contribution >= 4 is 22.8 Å². The Kier molecular flexibility index (Phi) is 5.06. The molecule has 0 aliphatic carbocycles. The molecule has 3 heterocycles. The smallest absolute Gasteiger partial charge is 0.251 e. The van der Waals surface area contributed by atoms with E-state index >= 15 is 0 Å². The third kappa shape index (κ3) is 3.68. The SMILES string of the molecule is Cc1nc(NCCNC(=O)c2ccc3c(c2)OCO3)c2c(C)nn(-c3ccccc3)c2n1. The number of nitrogens with zero attached hydrogens (tertiary/aromatic N) is 4. The van der Waals surface area contributed by atoms with Crippen molar-refractivity contribution in [3.63, 3.8) is 0 Å². The van der Waals surface area contributed by atoms with Gasteiger partial charge in [0.25, 0.3) is 5.91 Å². The topological polar surface area (TPSA) is 103 Å². The van der Waals surface area contributed by atoms with Crippen LogP contribution in [0, 0.1) is 13.8 Å². The highest BCUT2D eigenvalue weighted by atomic mass is 16.7. The maximum atomic E-state index is 12.5. The molecule has 0 bridgehead atoms. The zero-order valence-electron chi connectivity index (χ0n) is 17.8. The van der Waals surface area contributed by atoms with E-state index in [1.807, 2.05) is 48.9 Å². The lowest BCUT2D eigenvalue weighted by atomic mass is 10.2. The first-order valence-corrected chi connectivity index (χ1v) is 10.3. The van der Waals surface area contributed by atoms with Gasteiger partial charge in [0, 0.05) is 18.7 Å². The summed E-state index contributed by atoms with van der Waals surface area (Å²) in [5.74, 6) is 2.39. The number of carbonyl (C=O) groups is 1. The minimum Gasteiger partial charge on any atom is -0.454 e. The van der Waals surface area contributed by atoms with Gasteiger partial charge in [-0.15, -0.1) is 0 Å². The average Bonchev–Trinajstić information content (AvgIpc) is 3.40. The molecule has 2 aromatic carbocycles. The van der Waals surface area contributed by atoms with Crippen molar-refractivity contribution in [2.45, 2.75) is 13.8 Å². The standard InChI is InChI=1S/C23H22N6O3/c1-14-20-21(26-15(2)27-22(20)29(28-14)17-6-4-3-5-7-17)24-10-11-25-23(30)16-8-9-18-19(12-16)32-13-31-18/h3-9,12H,10-11,13H2,1-2H3,(H,25,30)(H,24,26,27). The Labute approximate surface area is 184 Å². The van der Waals surface area contributed by atoms with Gasteiger partial charge in [0.1, 0.15) is 11.6 Å². The molecule has 2 aromatic heterocycles. The lowest BCUT2D eigenvalue weighted by Gasteiger charge is -2.10. The van der Waals surface area contributed by atoms with Crippen LogP contribution in [0.2, 0.25) is 0 Å². The molecule has 1 aliphatic heterocycles. The van der Waals surface area contributed by atoms with Gasteiger partial charge < -0.3 is 20.1 Å². The number of amides is 1. The number of benzene rings is 2. The molecule has 162 valence electrons. The lowest BCUT2D eigenvalue weighted by Crippen LogP contribution is -2.29. The van der Waals surface area contributed by atoms with E-state index in [4.69, 9.17) is 9.47 Å². The fourth-order valence-electron chi connectivity index (χ4n) is 3.67. The Hall–Kier alpha value is -4.14. The predicted molar refractivity (Wildman–Crippen MR) is 120 cm³/mol. The third-order valence-corrected chi connectivity index (χ3v) is 5.15. The maximum Gasteiger partial charge on any atom is 0.251 e. The molecule has 5 rings (SSSR count). The summed E-state index contributed by atoms with van der Waals surface area (Å²) in [6.45, 7) is 4.88. The summed E-state index contributed by atoms with van der Waals surface area (Å²) in [6.07, 6.45) is 0. The van der Waals surface area contributed by atoms with Gasteiger partial charge >= 0.3 is 0 Å². The number of anilines is 1. The Balaban J connectivity index is 1.29. The zero-order chi connectivity index (χ0) is 22.1. The van der Waals surface area contributed by atoms with E-state index in [1.54, 1.807) is 18.2 Å². The van der Waals surface area contributed by atoms with Gasteiger partial charge in [-0.3, -0.25) is 4.79 Å². The number of para-hydroxylation sites is 1. The molecule has 0 radical (unpaired) electrons. The minimum absolute atomic E-state index is 0.178. The molecule has 0 fully saturated rings. The third-order valence-electron chi connectivity index (χ3n) is 5.15. The maximum absolute atomic E-state index is 12.5. The van der Waals surface area contributed by atoms with Crippen LogP contribution < -0.4 is 20.1 Å². The molecular formula is C23H22N6O3. The molecule has 2 N–H and O–H groups in total. The van der Waals surface area contributed by atoms with Crippen LogP contribution in [0.25, 0.3) is 16.7 Å². The first kappa shape index (κ1) is 19.8. The number of hydrogen-bond acceptors (Lipinski definition) is 7. The molecule has 1 amide bonds. The van der Waals surface area contributed by atoms with Crippen molar-refractivity contribution in [2.24, 2.45) is 0 Å². The number of aryl methyl sites for hydroxylation is 2. The van der Waals surface area contributed by atoms with Gasteiger partial charge in [-0.25, -0.2) is 14.6 Å². The molecule has 0 unspecified atom stereocenters. The summed E-state index contributed by atoms with van der Waals surface area (Å²) in [4.78, 5) is 21.6. The molecule has 0 atom stereocenters. The van der Waals surface area contributed by atoms with Crippen LogP contribution in [0.3, 0.4) is 0 Å². The van der Waals surface area contributed by atoms with Gasteiger partial charge in [-0.1, -0.05) is 18.2 Å². The fourth-order valence-corrected chi connectivity index (χ4v) is 3.67. The number of fused-ring (bicyclic) bond motifs is 2. The van der Waals surface area contributed by atoms with E-state index in [1.165, 1.54) is 0 Å². The molecule has 32 heavy (non-hydrogen) atoms. The van der Waals surface area contributed by atoms with Crippen LogP contribution in [0.15, 0.2) is 48.5 Å². The van der Waals surface area contributed by atoms with Crippen molar-refractivity contribution in [2.75, 3.05) is 25.2 Å². The van der Waals surface area contributed by atoms with Gasteiger partial charge in [0.15, 0.2) is 17.1 Å². The van der Waals surface area contributed by atoms with E-state index in [0.717, 1.165) is 22.4 Å². The van der Waals surface area contributed by atoms with Crippen LogP contribution in [0.1, 0.15) is 21.9 Å². The molecule has 0 saturated heterocycles. The van der Waals surface area contributed by atoms with Crippen molar-refractivity contribution < 1.29 is 14.3 Å². The first-order chi connectivity index (χ1) is 15.6. The van der Waals surface area contributed by atoms with E-state index in [-0.39, 0.29) is 12.7 Å². The molecule has 0 saturated carbocycles. The Morgan fingerprint density at radius 3 is 2.69 bits per heavy atom. The van der Waals surface area contributed by atoms with Crippen molar-refractivity contribution in [3.8, 4) is 17.2 Å². The normalized spacial score (nSPS) is 12.2. The Morgan fingerprint density at radius 2 is 1.84 bits per heavy atom. The summed E-state index contributed by atoms with van der Waals surface area (Å²) < 4.78 is 12.4. The average molecular weight is 430 g/mol. The number of nitrogens with one attached hydrogen (secondary N) is 2. The monoisotopic (exact) mass is 430 g/mol. The lowest BCUT2D eigenvalue weighted by molar-refractivity contribution is 0.0954. The Bertz CT molecular complexity index is 1300. The summed E-state index contributed by atoms with van der Waals surface area (Å²) >= 11 is 0. The number of ether oxygens (including phenoxy) is 2. The summed E-state index contributed by atoms with van der Waals surface area (Å²) in [5.41, 5.74) is 3.03. The first-order valence-electron chi connectivity index (χ1n) is 10.3. The molecule has 1 aliphatic rings. The fraction of sp³-hybridized carbons (Fsp3) is 0.217. The zero-order valence-corrected chi connectivity index (χ0v) is 17.8. The van der Waals surface area contributed by atoms with E-state index in [0.29, 0.717) is 41.8 Å². The number of aromatic nitrogens is 4. The molecule has 0 spiro atoms. The number of carbonyl (C=O) groups excluding carboxylic acids is 1. The van der Waals surface area contributed by atoms with Gasteiger partial charge in [-0.2, -0.15) is 5.10 Å². The predicted octanol–water partition coefficient (Wildman–Crippen LogP) is 3.00. The summed E-state index contributed by atoms with van der Waals surface area (Å²) in [6, 6.07) is 15.0. The summed E-state index contributed by atoms with van der Waals surface area (Å²) in [5, 5.41) is 11.8. The Morgan fingerprint density at radius 1 is 1.03 bits per heavy atom. The van der Waals surface area contributed by atoms with Gasteiger partial charge in [-0.05, 0) is 44.2 Å². The highest BCUT2D eigenvalue weighted by Gasteiger charge is 2.17. The van der Waals surface area contributed by atoms with Crippen LogP contribution in [-0.4, -0.2) is 45.5 Å². The molecular weight excluding hydrogens is 408 g/mol. The molecule has 4 aromatic rings. The molecule has 9 nitrogen and oxygen atoms in total. The van der Waals surface area contributed by atoms with E-state index < -0.39 is 0 Å². The van der Waals surface area contributed by atoms with E-state index in [9.17, 15) is 4.79 Å². The van der Waals surface area contributed by atoms with E-state index in [2.05, 4.69) is 25.7 Å². The number of hydrogen-bond donors (Lipinski definition) is 2. The molecule has 9 heteroatoms. The largest absolute Gasteiger partial charge is 0.454 e. The quantitative estimate of drug-likeness (QED) is 0.453. The second-order valence-electron chi connectivity index (χ2n) is 7.40. The van der Waals surface area contributed by atoms with Crippen molar-refractivity contribution in [1.82, 2.24) is 25.1 Å². The second kappa shape index (κ2) is 8.18. The van der Waals surface area contributed by atoms with Crippen LogP contribution in [0.5, 0.6) is 11.5 Å². The van der Waals surface area contributed by atoms with Crippen LogP contribution in [-0.2, 0) is 0 Å². The van der Waals surface area contributed by atoms with Crippen molar-refractivity contribution in [3.05, 3.63) is 65.6 Å². The van der Waals surface area contributed by atoms with Crippen molar-refractivity contribution in [1.29, 1.82) is 0 Å². The highest BCUT2D eigenvalue weighted by molar-refractivity contribution is 5.95. The number of rotatable bonds is 6. The van der Waals surface area contributed by atoms with Crippen LogP contribution in [0.4, 0.5) is 5.82 Å². The highest BCUT2D eigenvalue weighted by Crippen LogP contribution is 2.32. The minimum atomic E-state index is -0.179. The summed E-state index contributed by atoms with van der Waals surface area (Å²) in [7, 11) is 0. The van der Waals surface area contributed by atoms with Crippen LogP contribution >= 0.6 is 0 Å².